The van der Waals surface area contributed by atoms with E-state index < -0.39 is 0 Å². The minimum Gasteiger partial charge on any atom is -0.384 e. The Morgan fingerprint density at radius 1 is 1.24 bits per heavy atom. The topological polar surface area (TPSA) is 43.8 Å². The molecule has 0 aliphatic heterocycles. The Morgan fingerprint density at radius 3 is 2.59 bits per heavy atom. The molecule has 3 heteroatoms. The molecule has 0 amide bonds. The van der Waals surface area contributed by atoms with Crippen molar-refractivity contribution in [2.24, 2.45) is 0 Å². The molecule has 0 bridgehead atoms. The van der Waals surface area contributed by atoms with Gasteiger partial charge >= 0.3 is 0 Å². The number of aryl methyl sites for hydroxylation is 1. The lowest BCUT2D eigenvalue weighted by Crippen LogP contribution is -2.06. The van der Waals surface area contributed by atoms with Gasteiger partial charge in [0.1, 0.15) is 11.6 Å². The molecule has 0 unspecified atom stereocenters. The van der Waals surface area contributed by atoms with Crippen LogP contribution in [0.5, 0.6) is 0 Å². The van der Waals surface area contributed by atoms with Crippen LogP contribution in [0.1, 0.15) is 69.8 Å². The number of imidazole rings is 1. The first-order valence-electron chi connectivity index (χ1n) is 7.12. The molecule has 1 aromatic rings. The molecular formula is C14H25N3. The first kappa shape index (κ1) is 12.5. The fourth-order valence-electron chi connectivity index (χ4n) is 2.37. The largest absolute Gasteiger partial charge is 0.384 e. The van der Waals surface area contributed by atoms with Crippen LogP contribution in [0.2, 0.25) is 0 Å². The molecule has 1 fully saturated rings. The van der Waals surface area contributed by atoms with Crippen molar-refractivity contribution in [3.8, 4) is 0 Å². The van der Waals surface area contributed by atoms with E-state index in [-0.39, 0.29) is 0 Å². The smallest absolute Gasteiger partial charge is 0.126 e. The Bertz CT molecular complexity index is 364. The van der Waals surface area contributed by atoms with Crippen LogP contribution in [0, 0.1) is 0 Å². The average molecular weight is 235 g/mol. The zero-order chi connectivity index (χ0) is 12.3. The summed E-state index contributed by atoms with van der Waals surface area (Å²) in [6, 6.07) is 0. The van der Waals surface area contributed by atoms with E-state index in [1.54, 1.807) is 0 Å². The molecule has 2 N–H and O–H groups in total. The highest BCUT2D eigenvalue weighted by Crippen LogP contribution is 2.40. The van der Waals surface area contributed by atoms with E-state index in [1.165, 1.54) is 37.9 Å². The maximum Gasteiger partial charge on any atom is 0.126 e. The highest BCUT2D eigenvalue weighted by molar-refractivity contribution is 5.40. The summed E-state index contributed by atoms with van der Waals surface area (Å²) in [5.41, 5.74) is 7.39. The number of hydrogen-bond acceptors (Lipinski definition) is 2. The van der Waals surface area contributed by atoms with Crippen LogP contribution in [0.4, 0.5) is 5.82 Å². The molecule has 2 rings (SSSR count). The average Bonchev–Trinajstić information content (AvgIpc) is 3.11. The van der Waals surface area contributed by atoms with Gasteiger partial charge in [-0.25, -0.2) is 4.98 Å². The van der Waals surface area contributed by atoms with Gasteiger partial charge in [0, 0.05) is 12.5 Å². The second-order valence-corrected chi connectivity index (χ2v) is 5.18. The van der Waals surface area contributed by atoms with Crippen LogP contribution in [0.25, 0.3) is 0 Å². The lowest BCUT2D eigenvalue weighted by atomic mass is 10.1. The van der Waals surface area contributed by atoms with Gasteiger partial charge in [0.15, 0.2) is 0 Å². The lowest BCUT2D eigenvalue weighted by Gasteiger charge is -2.07. The molecule has 1 aliphatic rings. The summed E-state index contributed by atoms with van der Waals surface area (Å²) in [6.07, 6.45) is 8.53. The van der Waals surface area contributed by atoms with Crippen molar-refractivity contribution in [3.05, 3.63) is 11.5 Å². The van der Waals surface area contributed by atoms with Crippen LogP contribution in [0.3, 0.4) is 0 Å². The molecular weight excluding hydrogens is 210 g/mol. The molecule has 0 saturated heterocycles. The number of anilines is 1. The fraction of sp³-hybridized carbons (Fsp3) is 0.786. The Balaban J connectivity index is 2.12. The van der Waals surface area contributed by atoms with Crippen LogP contribution in [-0.4, -0.2) is 9.55 Å². The molecule has 1 aliphatic carbocycles. The van der Waals surface area contributed by atoms with E-state index in [2.05, 4.69) is 18.4 Å². The third-order valence-electron chi connectivity index (χ3n) is 3.52. The van der Waals surface area contributed by atoms with Crippen molar-refractivity contribution >= 4 is 5.82 Å². The molecule has 0 aromatic carbocycles. The summed E-state index contributed by atoms with van der Waals surface area (Å²) in [5.74, 6) is 2.89. The summed E-state index contributed by atoms with van der Waals surface area (Å²) in [4.78, 5) is 4.80. The normalized spacial score (nSPS) is 15.4. The molecule has 1 saturated carbocycles. The number of rotatable bonds is 7. The molecule has 3 nitrogen and oxygen atoms in total. The first-order valence-corrected chi connectivity index (χ1v) is 7.12. The summed E-state index contributed by atoms with van der Waals surface area (Å²) < 4.78 is 2.26. The maximum atomic E-state index is 6.24. The van der Waals surface area contributed by atoms with E-state index in [0.29, 0.717) is 5.92 Å². The third kappa shape index (κ3) is 2.82. The zero-order valence-electron chi connectivity index (χ0n) is 11.2. The maximum absolute atomic E-state index is 6.24. The number of unbranched alkanes of at least 4 members (excludes halogenated alkanes) is 2. The van der Waals surface area contributed by atoms with Crippen molar-refractivity contribution in [3.63, 3.8) is 0 Å². The Labute approximate surface area is 104 Å². The Morgan fingerprint density at radius 2 is 2.00 bits per heavy atom. The van der Waals surface area contributed by atoms with Crippen molar-refractivity contribution in [2.45, 2.75) is 71.3 Å². The predicted molar refractivity (Wildman–Crippen MR) is 72.1 cm³/mol. The van der Waals surface area contributed by atoms with E-state index in [9.17, 15) is 0 Å². The van der Waals surface area contributed by atoms with Crippen LogP contribution < -0.4 is 5.73 Å². The molecule has 0 radical (unpaired) electrons. The Hall–Kier alpha value is -0.990. The number of nitrogens with zero attached hydrogens (tertiary/aromatic N) is 2. The van der Waals surface area contributed by atoms with Gasteiger partial charge < -0.3 is 10.3 Å². The highest BCUT2D eigenvalue weighted by Gasteiger charge is 2.30. The minimum absolute atomic E-state index is 0.698. The predicted octanol–water partition coefficient (Wildman–Crippen LogP) is 3.49. The van der Waals surface area contributed by atoms with Crippen LogP contribution in [-0.2, 0) is 13.0 Å². The van der Waals surface area contributed by atoms with Crippen LogP contribution in [0.15, 0.2) is 0 Å². The molecule has 96 valence electrons. The standard InChI is InChI=1S/C14H25N3/c1-3-5-6-7-12-13(15)17(10-4-2)14(16-12)11-8-9-11/h11H,3-10,15H2,1-2H3. The van der Waals surface area contributed by atoms with E-state index >= 15 is 0 Å². The van der Waals surface area contributed by atoms with Gasteiger partial charge in [-0.3, -0.25) is 0 Å². The molecule has 0 atom stereocenters. The third-order valence-corrected chi connectivity index (χ3v) is 3.52. The van der Waals surface area contributed by atoms with Gasteiger partial charge in [-0.15, -0.1) is 0 Å². The van der Waals surface area contributed by atoms with Crippen molar-refractivity contribution < 1.29 is 0 Å². The quantitative estimate of drug-likeness (QED) is 0.735. The second kappa shape index (κ2) is 5.56. The van der Waals surface area contributed by atoms with Gasteiger partial charge in [0.05, 0.1) is 5.69 Å². The number of aromatic nitrogens is 2. The summed E-state index contributed by atoms with van der Waals surface area (Å²) in [7, 11) is 0. The van der Waals surface area contributed by atoms with Gasteiger partial charge in [0.2, 0.25) is 0 Å². The highest BCUT2D eigenvalue weighted by atomic mass is 15.1. The monoisotopic (exact) mass is 235 g/mol. The molecule has 1 aromatic heterocycles. The SMILES string of the molecule is CCCCCc1nc(C2CC2)n(CCC)c1N. The second-order valence-electron chi connectivity index (χ2n) is 5.18. The van der Waals surface area contributed by atoms with Gasteiger partial charge in [0.25, 0.3) is 0 Å². The van der Waals surface area contributed by atoms with Crippen LogP contribution >= 0.6 is 0 Å². The van der Waals surface area contributed by atoms with Crippen molar-refractivity contribution in [1.29, 1.82) is 0 Å². The van der Waals surface area contributed by atoms with Gasteiger partial charge in [-0.05, 0) is 32.1 Å². The number of nitrogens with two attached hydrogens (primary N) is 1. The molecule has 17 heavy (non-hydrogen) atoms. The van der Waals surface area contributed by atoms with Crippen molar-refractivity contribution in [2.75, 3.05) is 5.73 Å². The Kier molecular flexibility index (Phi) is 4.08. The first-order chi connectivity index (χ1) is 8.27. The van der Waals surface area contributed by atoms with E-state index in [0.717, 1.165) is 30.9 Å². The van der Waals surface area contributed by atoms with E-state index in [1.807, 2.05) is 0 Å². The van der Waals surface area contributed by atoms with E-state index in [4.69, 9.17) is 10.7 Å². The van der Waals surface area contributed by atoms with Crippen molar-refractivity contribution in [1.82, 2.24) is 9.55 Å². The number of nitrogen functional groups attached to an aromatic ring is 1. The summed E-state index contributed by atoms with van der Waals surface area (Å²) in [5, 5.41) is 0. The lowest BCUT2D eigenvalue weighted by molar-refractivity contribution is 0.646. The molecule has 1 heterocycles. The van der Waals surface area contributed by atoms with Gasteiger partial charge in [-0.1, -0.05) is 26.7 Å². The summed E-state index contributed by atoms with van der Waals surface area (Å²) in [6.45, 7) is 5.46. The number of hydrogen-bond donors (Lipinski definition) is 1. The van der Waals surface area contributed by atoms with Gasteiger partial charge in [-0.2, -0.15) is 0 Å². The molecule has 0 spiro atoms. The summed E-state index contributed by atoms with van der Waals surface area (Å²) >= 11 is 0. The fourth-order valence-corrected chi connectivity index (χ4v) is 2.37. The minimum atomic E-state index is 0.698. The zero-order valence-corrected chi connectivity index (χ0v) is 11.2.